The number of nitrogens with zero attached hydrogens (tertiary/aromatic N) is 3. The molecule has 0 radical (unpaired) electrons. The van der Waals surface area contributed by atoms with Crippen LogP contribution in [-0.2, 0) is 39.2 Å². The molecule has 0 aliphatic rings. The number of carbonyl (C=O) groups excluding carboxylic acids is 3. The molecule has 0 fully saturated rings. The quantitative estimate of drug-likeness (QED) is 0.278. The molecule has 1 aromatic heterocycles. The molecule has 0 aliphatic heterocycles. The van der Waals surface area contributed by atoms with E-state index in [-0.39, 0.29) is 29.9 Å². The van der Waals surface area contributed by atoms with Crippen molar-refractivity contribution in [3.05, 3.63) is 75.2 Å². The van der Waals surface area contributed by atoms with Crippen LogP contribution in [0.5, 0.6) is 0 Å². The molecule has 0 spiro atoms. The molecule has 1 unspecified atom stereocenters. The lowest BCUT2D eigenvalue weighted by atomic mass is 9.89. The fourth-order valence-corrected chi connectivity index (χ4v) is 4.12. The van der Waals surface area contributed by atoms with Gasteiger partial charge in [0.05, 0.1) is 12.0 Å². The average Bonchev–Trinajstić information content (AvgIpc) is 3.21. The Kier molecular flexibility index (Phi) is 9.94. The van der Waals surface area contributed by atoms with E-state index >= 15 is 0 Å². The van der Waals surface area contributed by atoms with Gasteiger partial charge in [-0.2, -0.15) is 26.3 Å². The molecule has 0 saturated carbocycles. The van der Waals surface area contributed by atoms with Crippen molar-refractivity contribution in [3.8, 4) is 11.4 Å². The molecule has 3 amide bonds. The molecule has 0 bridgehead atoms. The topological polar surface area (TPSA) is 141 Å². The molecule has 2 aromatic carbocycles. The average molecular weight is 635 g/mol. The standard InChI is InChI=1S/C26H25ClF6N6O4/c1-24(22(42)35-11-9-19(34)40,16-3-2-4-17(13-16)26(31,32)33)36-20(41)14-39-23(43)38(12-10-25(28,29)30)21(37-39)15-5-7-18(27)8-6-15/h2-8,13H,9-12,14H2,1H3,(H2,34,40)(H,35,42)(H,36,41). The van der Waals surface area contributed by atoms with E-state index in [0.29, 0.717) is 20.3 Å². The van der Waals surface area contributed by atoms with Crippen LogP contribution in [0.25, 0.3) is 11.4 Å². The summed E-state index contributed by atoms with van der Waals surface area (Å²) in [6.45, 7) is -0.941. The summed E-state index contributed by atoms with van der Waals surface area (Å²) in [7, 11) is 0. The summed E-state index contributed by atoms with van der Waals surface area (Å²) < 4.78 is 80.5. The highest BCUT2D eigenvalue weighted by atomic mass is 35.5. The second-order valence-corrected chi connectivity index (χ2v) is 9.95. The molecule has 0 aliphatic carbocycles. The first kappa shape index (κ1) is 33.2. The Labute approximate surface area is 244 Å². The number of benzene rings is 2. The van der Waals surface area contributed by atoms with E-state index in [0.717, 1.165) is 25.1 Å². The van der Waals surface area contributed by atoms with E-state index in [4.69, 9.17) is 17.3 Å². The summed E-state index contributed by atoms with van der Waals surface area (Å²) in [6.07, 6.45) is -11.1. The third-order valence-electron chi connectivity index (χ3n) is 6.21. The van der Waals surface area contributed by atoms with Crippen LogP contribution in [0, 0.1) is 0 Å². The van der Waals surface area contributed by atoms with Crippen LogP contribution in [0.2, 0.25) is 5.02 Å². The number of nitrogens with one attached hydrogen (secondary N) is 2. The molecule has 17 heteroatoms. The molecule has 3 aromatic rings. The number of hydrogen-bond acceptors (Lipinski definition) is 5. The molecule has 232 valence electrons. The van der Waals surface area contributed by atoms with Gasteiger partial charge in [-0.25, -0.2) is 9.48 Å². The number of alkyl halides is 6. The Morgan fingerprint density at radius 1 is 1.00 bits per heavy atom. The molecule has 4 N–H and O–H groups in total. The summed E-state index contributed by atoms with van der Waals surface area (Å²) in [4.78, 5) is 50.4. The number of hydrogen-bond donors (Lipinski definition) is 3. The number of halogens is 7. The summed E-state index contributed by atoms with van der Waals surface area (Å²) in [5.74, 6) is -3.08. The molecule has 1 atom stereocenters. The molecule has 0 saturated heterocycles. The van der Waals surface area contributed by atoms with Crippen molar-refractivity contribution in [2.24, 2.45) is 5.73 Å². The van der Waals surface area contributed by atoms with E-state index in [1.807, 2.05) is 0 Å². The van der Waals surface area contributed by atoms with Gasteiger partial charge in [-0.05, 0) is 48.9 Å². The number of rotatable bonds is 11. The highest BCUT2D eigenvalue weighted by Crippen LogP contribution is 2.32. The lowest BCUT2D eigenvalue weighted by Crippen LogP contribution is -2.55. The SMILES string of the molecule is CC(NC(=O)Cn1nc(-c2ccc(Cl)cc2)n(CCC(F)(F)F)c1=O)(C(=O)NCCC(N)=O)c1cccc(C(F)(F)F)c1. The van der Waals surface area contributed by atoms with E-state index in [9.17, 15) is 45.5 Å². The zero-order valence-electron chi connectivity index (χ0n) is 22.4. The van der Waals surface area contributed by atoms with Crippen LogP contribution in [0.15, 0.2) is 53.3 Å². The Bertz CT molecular complexity index is 1550. The Morgan fingerprint density at radius 2 is 1.63 bits per heavy atom. The van der Waals surface area contributed by atoms with Crippen molar-refractivity contribution in [3.63, 3.8) is 0 Å². The zero-order valence-corrected chi connectivity index (χ0v) is 23.1. The van der Waals surface area contributed by atoms with Gasteiger partial charge in [0.2, 0.25) is 17.7 Å². The van der Waals surface area contributed by atoms with E-state index in [1.165, 1.54) is 24.3 Å². The summed E-state index contributed by atoms with van der Waals surface area (Å²) in [6, 6.07) is 9.20. The van der Waals surface area contributed by atoms with Crippen LogP contribution in [-0.4, -0.2) is 44.8 Å². The minimum absolute atomic E-state index is 0.205. The Balaban J connectivity index is 1.98. The maximum absolute atomic E-state index is 13.4. The largest absolute Gasteiger partial charge is 0.416 e. The van der Waals surface area contributed by atoms with E-state index in [1.54, 1.807) is 0 Å². The minimum atomic E-state index is -4.79. The van der Waals surface area contributed by atoms with Gasteiger partial charge >= 0.3 is 18.0 Å². The lowest BCUT2D eigenvalue weighted by Gasteiger charge is -2.30. The Hall–Kier alpha value is -4.34. The molecule has 3 rings (SSSR count). The van der Waals surface area contributed by atoms with Crippen molar-refractivity contribution in [1.82, 2.24) is 25.0 Å². The molecule has 43 heavy (non-hydrogen) atoms. The van der Waals surface area contributed by atoms with Gasteiger partial charge in [0.25, 0.3) is 0 Å². The third-order valence-corrected chi connectivity index (χ3v) is 6.46. The van der Waals surface area contributed by atoms with Gasteiger partial charge in [0.1, 0.15) is 12.1 Å². The molecular weight excluding hydrogens is 610 g/mol. The van der Waals surface area contributed by atoms with Crippen LogP contribution in [0.1, 0.15) is 30.9 Å². The smallest absolute Gasteiger partial charge is 0.370 e. The van der Waals surface area contributed by atoms with E-state index < -0.39 is 66.4 Å². The number of amides is 3. The summed E-state index contributed by atoms with van der Waals surface area (Å²) >= 11 is 5.87. The van der Waals surface area contributed by atoms with Gasteiger partial charge in [-0.1, -0.05) is 23.7 Å². The predicted molar refractivity (Wildman–Crippen MR) is 141 cm³/mol. The highest BCUT2D eigenvalue weighted by Gasteiger charge is 2.39. The van der Waals surface area contributed by atoms with Crippen molar-refractivity contribution in [1.29, 1.82) is 0 Å². The molecule has 1 heterocycles. The van der Waals surface area contributed by atoms with Crippen LogP contribution < -0.4 is 22.1 Å². The van der Waals surface area contributed by atoms with Crippen molar-refractivity contribution < 1.29 is 40.7 Å². The van der Waals surface area contributed by atoms with Gasteiger partial charge in [-0.3, -0.25) is 19.0 Å². The fraction of sp³-hybridized carbons (Fsp3) is 0.346. The molecular formula is C26H25ClF6N6O4. The van der Waals surface area contributed by atoms with Gasteiger partial charge < -0.3 is 16.4 Å². The lowest BCUT2D eigenvalue weighted by molar-refractivity contribution is -0.138. The second kappa shape index (κ2) is 12.9. The predicted octanol–water partition coefficient (Wildman–Crippen LogP) is 3.36. The van der Waals surface area contributed by atoms with Crippen molar-refractivity contribution in [2.45, 2.75) is 50.7 Å². The normalized spacial score (nSPS) is 13.3. The number of primary amides is 1. The van der Waals surface area contributed by atoms with Gasteiger partial charge in [-0.15, -0.1) is 5.10 Å². The van der Waals surface area contributed by atoms with Crippen LogP contribution in [0.4, 0.5) is 26.3 Å². The number of aromatic nitrogens is 3. The minimum Gasteiger partial charge on any atom is -0.370 e. The third kappa shape index (κ3) is 8.59. The first-order valence-corrected chi connectivity index (χ1v) is 12.8. The van der Waals surface area contributed by atoms with Crippen LogP contribution in [0.3, 0.4) is 0 Å². The second-order valence-electron chi connectivity index (χ2n) is 9.51. The van der Waals surface area contributed by atoms with Crippen molar-refractivity contribution >= 4 is 29.3 Å². The zero-order chi connectivity index (χ0) is 32.2. The van der Waals surface area contributed by atoms with Gasteiger partial charge in [0.15, 0.2) is 5.82 Å². The number of carbonyl (C=O) groups is 3. The maximum Gasteiger partial charge on any atom is 0.416 e. The first-order chi connectivity index (χ1) is 19.9. The van der Waals surface area contributed by atoms with Crippen LogP contribution >= 0.6 is 11.6 Å². The van der Waals surface area contributed by atoms with Gasteiger partial charge in [0, 0.05) is 30.1 Å². The summed E-state index contributed by atoms with van der Waals surface area (Å²) in [5.41, 5.74) is 0.601. The monoisotopic (exact) mass is 634 g/mol. The Morgan fingerprint density at radius 3 is 2.21 bits per heavy atom. The fourth-order valence-electron chi connectivity index (χ4n) is 3.99. The number of nitrogens with two attached hydrogens (primary N) is 1. The summed E-state index contributed by atoms with van der Waals surface area (Å²) in [5, 5.41) is 8.92. The highest BCUT2D eigenvalue weighted by molar-refractivity contribution is 6.30. The maximum atomic E-state index is 13.4. The molecule has 10 nitrogen and oxygen atoms in total. The first-order valence-electron chi connectivity index (χ1n) is 12.5. The van der Waals surface area contributed by atoms with Crippen molar-refractivity contribution in [2.75, 3.05) is 6.54 Å². The van der Waals surface area contributed by atoms with E-state index in [2.05, 4.69) is 15.7 Å².